The van der Waals surface area contributed by atoms with Crippen LogP contribution in [0.5, 0.6) is 0 Å². The average molecular weight is 486 g/mol. The maximum absolute atomic E-state index is 12.9. The second-order valence-corrected chi connectivity index (χ2v) is 9.57. The summed E-state index contributed by atoms with van der Waals surface area (Å²) in [5.41, 5.74) is 2.30. The maximum Gasteiger partial charge on any atom is 0.326 e. The van der Waals surface area contributed by atoms with Gasteiger partial charge in [0, 0.05) is 35.6 Å². The van der Waals surface area contributed by atoms with Crippen molar-refractivity contribution in [2.45, 2.75) is 25.7 Å². The van der Waals surface area contributed by atoms with Gasteiger partial charge in [0.15, 0.2) is 6.61 Å². The van der Waals surface area contributed by atoms with Crippen LogP contribution in [0.15, 0.2) is 53.9 Å². The van der Waals surface area contributed by atoms with E-state index in [1.165, 1.54) is 15.3 Å². The van der Waals surface area contributed by atoms with Crippen LogP contribution in [-0.2, 0) is 24.3 Å². The normalized spacial score (nSPS) is 13.2. The number of nitrogens with zero attached hydrogens (tertiary/aromatic N) is 2. The van der Waals surface area contributed by atoms with E-state index >= 15 is 0 Å². The van der Waals surface area contributed by atoms with Gasteiger partial charge < -0.3 is 10.1 Å². The zero-order valence-corrected chi connectivity index (χ0v) is 20.1. The molecule has 0 saturated carbocycles. The molecular weight excluding hydrogens is 458 g/mol. The molecule has 180 valence electrons. The van der Waals surface area contributed by atoms with E-state index in [2.05, 4.69) is 11.9 Å². The molecule has 2 aromatic rings. The van der Waals surface area contributed by atoms with Gasteiger partial charge in [0.05, 0.1) is 4.90 Å². The van der Waals surface area contributed by atoms with E-state index in [1.54, 1.807) is 57.2 Å². The van der Waals surface area contributed by atoms with Crippen molar-refractivity contribution in [2.75, 3.05) is 31.6 Å². The van der Waals surface area contributed by atoms with E-state index in [-0.39, 0.29) is 23.0 Å². The van der Waals surface area contributed by atoms with Crippen molar-refractivity contribution in [3.8, 4) is 0 Å². The van der Waals surface area contributed by atoms with Crippen LogP contribution in [0.25, 0.3) is 5.70 Å². The van der Waals surface area contributed by atoms with Crippen molar-refractivity contribution in [1.29, 1.82) is 0 Å². The number of hydrogen-bond donors (Lipinski definition) is 1. The van der Waals surface area contributed by atoms with E-state index in [0.29, 0.717) is 35.5 Å². The van der Waals surface area contributed by atoms with Crippen LogP contribution in [0.2, 0.25) is 0 Å². The average Bonchev–Trinajstić information content (AvgIpc) is 3.04. The Hall–Kier alpha value is -3.50. The minimum absolute atomic E-state index is 0.0941. The fraction of sp³-hybridized carbons (Fsp3) is 0.292. The van der Waals surface area contributed by atoms with Crippen molar-refractivity contribution in [3.63, 3.8) is 0 Å². The van der Waals surface area contributed by atoms with Crippen molar-refractivity contribution in [2.24, 2.45) is 0 Å². The van der Waals surface area contributed by atoms with Gasteiger partial charge in [-0.25, -0.2) is 8.42 Å². The topological polar surface area (TPSA) is 113 Å². The van der Waals surface area contributed by atoms with E-state index in [1.807, 2.05) is 0 Å². The summed E-state index contributed by atoms with van der Waals surface area (Å²) in [5, 5.41) is 2.54. The zero-order chi connectivity index (χ0) is 25.0. The van der Waals surface area contributed by atoms with Gasteiger partial charge in [0.2, 0.25) is 10.0 Å². The molecule has 1 aliphatic rings. The fourth-order valence-corrected chi connectivity index (χ4v) is 5.39. The SMILES string of the molecule is C=C1c2ccccc2C(=O)N1CC(=O)OCC(=O)Nc1ccc(C)c(S(=O)(=O)N(CC)CC)c1. The van der Waals surface area contributed by atoms with E-state index in [9.17, 15) is 22.8 Å². The van der Waals surface area contributed by atoms with E-state index in [4.69, 9.17) is 4.74 Å². The number of hydrogen-bond acceptors (Lipinski definition) is 6. The summed E-state index contributed by atoms with van der Waals surface area (Å²) in [7, 11) is -3.71. The largest absolute Gasteiger partial charge is 0.454 e. The number of benzene rings is 2. The lowest BCUT2D eigenvalue weighted by Crippen LogP contribution is -2.32. The number of anilines is 1. The molecule has 9 nitrogen and oxygen atoms in total. The van der Waals surface area contributed by atoms with Gasteiger partial charge in [-0.2, -0.15) is 4.31 Å². The first-order chi connectivity index (χ1) is 16.1. The number of esters is 1. The molecule has 0 spiro atoms. The molecule has 0 bridgehead atoms. The molecule has 1 heterocycles. The first kappa shape index (κ1) is 25.1. The molecule has 0 saturated heterocycles. The molecule has 1 N–H and O–H groups in total. The van der Waals surface area contributed by atoms with Crippen molar-refractivity contribution < 1.29 is 27.5 Å². The number of aryl methyl sites for hydroxylation is 1. The molecule has 0 aliphatic carbocycles. The minimum Gasteiger partial charge on any atom is -0.454 e. The lowest BCUT2D eigenvalue weighted by atomic mass is 10.1. The number of carbonyl (C=O) groups is 3. The Morgan fingerprint density at radius 2 is 1.74 bits per heavy atom. The Bertz CT molecular complexity index is 1220. The standard InChI is InChI=1S/C24H27N3O6S/c1-5-26(6-2)34(31,32)21-13-18(12-11-16(21)3)25-22(28)15-33-23(29)14-27-17(4)19-9-7-8-10-20(19)24(27)30/h7-13H,4-6,14-15H2,1-3H3,(H,25,28). The van der Waals surface area contributed by atoms with Gasteiger partial charge in [-0.3, -0.25) is 19.3 Å². The molecule has 0 aromatic heterocycles. The second kappa shape index (κ2) is 10.2. The highest BCUT2D eigenvalue weighted by Gasteiger charge is 2.32. The molecule has 0 fully saturated rings. The first-order valence-electron chi connectivity index (χ1n) is 10.8. The van der Waals surface area contributed by atoms with Gasteiger partial charge in [0.1, 0.15) is 6.54 Å². The third kappa shape index (κ3) is 5.02. The first-order valence-corrected chi connectivity index (χ1v) is 12.2. The number of amides is 2. The molecule has 2 aromatic carbocycles. The zero-order valence-electron chi connectivity index (χ0n) is 19.3. The van der Waals surface area contributed by atoms with E-state index < -0.39 is 28.5 Å². The fourth-order valence-electron chi connectivity index (χ4n) is 3.68. The van der Waals surface area contributed by atoms with Crippen LogP contribution in [0.3, 0.4) is 0 Å². The predicted octanol–water partition coefficient (Wildman–Crippen LogP) is 2.63. The van der Waals surface area contributed by atoms with Gasteiger partial charge in [-0.05, 0) is 30.7 Å². The Kier molecular flexibility index (Phi) is 7.53. The van der Waals surface area contributed by atoms with Crippen LogP contribution in [0.4, 0.5) is 5.69 Å². The minimum atomic E-state index is -3.71. The predicted molar refractivity (Wildman–Crippen MR) is 127 cm³/mol. The third-order valence-electron chi connectivity index (χ3n) is 5.49. The molecule has 0 atom stereocenters. The van der Waals surface area contributed by atoms with Crippen LogP contribution >= 0.6 is 0 Å². The van der Waals surface area contributed by atoms with Crippen LogP contribution in [-0.4, -0.2) is 61.6 Å². The highest BCUT2D eigenvalue weighted by molar-refractivity contribution is 7.89. The summed E-state index contributed by atoms with van der Waals surface area (Å²) in [6.07, 6.45) is 0. The lowest BCUT2D eigenvalue weighted by Gasteiger charge is -2.20. The molecule has 2 amide bonds. The Morgan fingerprint density at radius 3 is 2.35 bits per heavy atom. The maximum atomic E-state index is 12.9. The number of nitrogens with one attached hydrogen (secondary N) is 1. The summed E-state index contributed by atoms with van der Waals surface area (Å²) in [5.74, 6) is -1.77. The molecule has 0 radical (unpaired) electrons. The molecule has 10 heteroatoms. The summed E-state index contributed by atoms with van der Waals surface area (Å²) < 4.78 is 32.1. The monoisotopic (exact) mass is 485 g/mol. The lowest BCUT2D eigenvalue weighted by molar-refractivity contribution is -0.147. The Morgan fingerprint density at radius 1 is 1.09 bits per heavy atom. The van der Waals surface area contributed by atoms with Crippen molar-refractivity contribution in [3.05, 3.63) is 65.7 Å². The number of sulfonamides is 1. The van der Waals surface area contributed by atoms with Gasteiger partial charge in [-0.1, -0.05) is 44.7 Å². The molecule has 1 aliphatic heterocycles. The third-order valence-corrected chi connectivity index (χ3v) is 7.68. The summed E-state index contributed by atoms with van der Waals surface area (Å²) in [6.45, 7) is 8.71. The summed E-state index contributed by atoms with van der Waals surface area (Å²) in [4.78, 5) is 38.3. The second-order valence-electron chi connectivity index (χ2n) is 7.66. The molecule has 3 rings (SSSR count). The number of ether oxygens (including phenoxy) is 1. The molecule has 34 heavy (non-hydrogen) atoms. The van der Waals surface area contributed by atoms with Crippen LogP contribution in [0, 0.1) is 6.92 Å². The van der Waals surface area contributed by atoms with Crippen molar-refractivity contribution >= 4 is 39.2 Å². The van der Waals surface area contributed by atoms with Gasteiger partial charge in [-0.15, -0.1) is 0 Å². The van der Waals surface area contributed by atoms with Crippen LogP contribution in [0.1, 0.15) is 35.3 Å². The summed E-state index contributed by atoms with van der Waals surface area (Å²) in [6, 6.07) is 11.4. The molecule has 0 unspecified atom stereocenters. The number of rotatable bonds is 9. The highest BCUT2D eigenvalue weighted by Crippen LogP contribution is 2.30. The highest BCUT2D eigenvalue weighted by atomic mass is 32.2. The number of carbonyl (C=O) groups excluding carboxylic acids is 3. The smallest absolute Gasteiger partial charge is 0.326 e. The Balaban J connectivity index is 1.60. The number of fused-ring (bicyclic) bond motifs is 1. The van der Waals surface area contributed by atoms with Gasteiger partial charge in [0.25, 0.3) is 11.8 Å². The van der Waals surface area contributed by atoms with Crippen LogP contribution < -0.4 is 5.32 Å². The van der Waals surface area contributed by atoms with Gasteiger partial charge >= 0.3 is 5.97 Å². The Labute approximate surface area is 199 Å². The van der Waals surface area contributed by atoms with E-state index in [0.717, 1.165) is 0 Å². The van der Waals surface area contributed by atoms with Crippen molar-refractivity contribution in [1.82, 2.24) is 9.21 Å². The quantitative estimate of drug-likeness (QED) is 0.547. The molecular formula is C24H27N3O6S. The summed E-state index contributed by atoms with van der Waals surface area (Å²) >= 11 is 0.